The number of likely N-dealkylation sites (tertiary alicyclic amines) is 1. The van der Waals surface area contributed by atoms with Gasteiger partial charge in [0.05, 0.1) is 0 Å². The zero-order valence-electron chi connectivity index (χ0n) is 10.1. The molecule has 1 aliphatic heterocycles. The van der Waals surface area contributed by atoms with Crippen LogP contribution in [0, 0.1) is 0 Å². The monoisotopic (exact) mass is 198 g/mol. The van der Waals surface area contributed by atoms with Crippen LogP contribution in [0.15, 0.2) is 0 Å². The van der Waals surface area contributed by atoms with Gasteiger partial charge in [-0.2, -0.15) is 0 Å². The first-order valence-corrected chi connectivity index (χ1v) is 6.07. The third-order valence-electron chi connectivity index (χ3n) is 3.42. The van der Waals surface area contributed by atoms with E-state index < -0.39 is 0 Å². The lowest BCUT2D eigenvalue weighted by atomic mass is 9.87. The molecule has 1 heterocycles. The summed E-state index contributed by atoms with van der Waals surface area (Å²) in [6.07, 6.45) is 6.34. The number of rotatable bonds is 4. The Morgan fingerprint density at radius 3 is 2.64 bits per heavy atom. The van der Waals surface area contributed by atoms with Crippen molar-refractivity contribution in [2.45, 2.75) is 64.5 Å². The maximum Gasteiger partial charge on any atom is 0.0167 e. The second-order valence-corrected chi connectivity index (χ2v) is 5.26. The van der Waals surface area contributed by atoms with Crippen LogP contribution >= 0.6 is 0 Å². The lowest BCUT2D eigenvalue weighted by Crippen LogP contribution is -2.53. The van der Waals surface area contributed by atoms with Crippen LogP contribution in [0.2, 0.25) is 0 Å². The Morgan fingerprint density at radius 2 is 2.07 bits per heavy atom. The summed E-state index contributed by atoms with van der Waals surface area (Å²) < 4.78 is 0. The Balaban J connectivity index is 2.36. The highest BCUT2D eigenvalue weighted by Gasteiger charge is 2.32. The zero-order valence-corrected chi connectivity index (χ0v) is 10.1. The molecule has 0 aromatic heterocycles. The molecule has 1 atom stereocenters. The van der Waals surface area contributed by atoms with Gasteiger partial charge in [-0.05, 0) is 39.7 Å². The lowest BCUT2D eigenvalue weighted by molar-refractivity contribution is 0.0652. The summed E-state index contributed by atoms with van der Waals surface area (Å²) in [6, 6.07) is 0.424. The molecular weight excluding hydrogens is 172 g/mol. The summed E-state index contributed by atoms with van der Waals surface area (Å²) >= 11 is 0. The standard InChI is InChI=1S/C12H26N2/c1-4-5-6-8-14-9-7-11(13)10-12(14,2)3/h11H,4-10,13H2,1-3H3. The van der Waals surface area contributed by atoms with Crippen molar-refractivity contribution in [1.82, 2.24) is 4.90 Å². The van der Waals surface area contributed by atoms with Crippen LogP contribution in [0.25, 0.3) is 0 Å². The second-order valence-electron chi connectivity index (χ2n) is 5.26. The predicted molar refractivity (Wildman–Crippen MR) is 62.4 cm³/mol. The van der Waals surface area contributed by atoms with Crippen molar-refractivity contribution in [3.8, 4) is 0 Å². The highest BCUT2D eigenvalue weighted by atomic mass is 15.2. The van der Waals surface area contributed by atoms with Crippen molar-refractivity contribution < 1.29 is 0 Å². The first kappa shape index (κ1) is 12.0. The fourth-order valence-corrected chi connectivity index (χ4v) is 2.46. The number of nitrogens with two attached hydrogens (primary N) is 1. The SMILES string of the molecule is CCCCCN1CCC(N)CC1(C)C. The maximum atomic E-state index is 6.00. The summed E-state index contributed by atoms with van der Waals surface area (Å²) in [6.45, 7) is 9.37. The minimum atomic E-state index is 0.325. The van der Waals surface area contributed by atoms with E-state index in [4.69, 9.17) is 5.73 Å². The van der Waals surface area contributed by atoms with Crippen LogP contribution in [0.3, 0.4) is 0 Å². The molecule has 2 nitrogen and oxygen atoms in total. The molecule has 0 aliphatic carbocycles. The summed E-state index contributed by atoms with van der Waals surface area (Å²) in [7, 11) is 0. The van der Waals surface area contributed by atoms with Gasteiger partial charge in [-0.1, -0.05) is 19.8 Å². The van der Waals surface area contributed by atoms with Gasteiger partial charge in [0, 0.05) is 18.1 Å². The highest BCUT2D eigenvalue weighted by Crippen LogP contribution is 2.26. The quantitative estimate of drug-likeness (QED) is 0.703. The van der Waals surface area contributed by atoms with E-state index in [1.807, 2.05) is 0 Å². The molecule has 14 heavy (non-hydrogen) atoms. The summed E-state index contributed by atoms with van der Waals surface area (Å²) in [5.74, 6) is 0. The van der Waals surface area contributed by atoms with Gasteiger partial charge < -0.3 is 5.73 Å². The van der Waals surface area contributed by atoms with Crippen LogP contribution in [0.4, 0.5) is 0 Å². The number of nitrogens with zero attached hydrogens (tertiary/aromatic N) is 1. The van der Waals surface area contributed by atoms with Crippen molar-refractivity contribution in [2.24, 2.45) is 5.73 Å². The van der Waals surface area contributed by atoms with E-state index >= 15 is 0 Å². The summed E-state index contributed by atoms with van der Waals surface area (Å²) in [4.78, 5) is 2.62. The Morgan fingerprint density at radius 1 is 1.36 bits per heavy atom. The first-order valence-electron chi connectivity index (χ1n) is 6.07. The maximum absolute atomic E-state index is 6.00. The Labute approximate surface area is 88.8 Å². The Kier molecular flexibility index (Phi) is 4.39. The van der Waals surface area contributed by atoms with Crippen molar-refractivity contribution in [2.75, 3.05) is 13.1 Å². The number of piperidine rings is 1. The van der Waals surface area contributed by atoms with E-state index in [1.165, 1.54) is 38.8 Å². The van der Waals surface area contributed by atoms with E-state index in [9.17, 15) is 0 Å². The van der Waals surface area contributed by atoms with Crippen LogP contribution in [-0.2, 0) is 0 Å². The highest BCUT2D eigenvalue weighted by molar-refractivity contribution is 4.90. The normalized spacial score (nSPS) is 27.9. The lowest BCUT2D eigenvalue weighted by Gasteiger charge is -2.45. The Hall–Kier alpha value is -0.0800. The van der Waals surface area contributed by atoms with Gasteiger partial charge in [0.15, 0.2) is 0 Å². The fourth-order valence-electron chi connectivity index (χ4n) is 2.46. The molecule has 0 spiro atoms. The van der Waals surface area contributed by atoms with Gasteiger partial charge in [0.1, 0.15) is 0 Å². The molecule has 0 bridgehead atoms. The molecule has 0 radical (unpaired) electrons. The van der Waals surface area contributed by atoms with E-state index in [0.29, 0.717) is 11.6 Å². The number of unbranched alkanes of at least 4 members (excludes halogenated alkanes) is 2. The van der Waals surface area contributed by atoms with Gasteiger partial charge in [-0.15, -0.1) is 0 Å². The van der Waals surface area contributed by atoms with Crippen molar-refractivity contribution in [3.63, 3.8) is 0 Å². The third kappa shape index (κ3) is 3.25. The minimum Gasteiger partial charge on any atom is -0.328 e. The van der Waals surface area contributed by atoms with Gasteiger partial charge in [0.2, 0.25) is 0 Å². The number of hydrogen-bond acceptors (Lipinski definition) is 2. The summed E-state index contributed by atoms with van der Waals surface area (Å²) in [5, 5.41) is 0. The molecule has 1 fully saturated rings. The molecule has 0 aromatic rings. The van der Waals surface area contributed by atoms with Gasteiger partial charge in [-0.3, -0.25) is 4.90 Å². The second kappa shape index (κ2) is 5.13. The summed E-state index contributed by atoms with van der Waals surface area (Å²) in [5.41, 5.74) is 6.33. The molecule has 1 rings (SSSR count). The van der Waals surface area contributed by atoms with Gasteiger partial charge >= 0.3 is 0 Å². The van der Waals surface area contributed by atoms with E-state index in [0.717, 1.165) is 6.42 Å². The average Bonchev–Trinajstić information content (AvgIpc) is 2.08. The molecule has 1 unspecified atom stereocenters. The van der Waals surface area contributed by atoms with E-state index in [2.05, 4.69) is 25.7 Å². The zero-order chi connectivity index (χ0) is 10.6. The van der Waals surface area contributed by atoms with Crippen molar-refractivity contribution in [1.29, 1.82) is 0 Å². The van der Waals surface area contributed by atoms with Crippen LogP contribution in [0.5, 0.6) is 0 Å². The minimum absolute atomic E-state index is 0.325. The molecule has 0 aromatic carbocycles. The van der Waals surface area contributed by atoms with Gasteiger partial charge in [-0.25, -0.2) is 0 Å². The fraction of sp³-hybridized carbons (Fsp3) is 1.00. The number of hydrogen-bond donors (Lipinski definition) is 1. The van der Waals surface area contributed by atoms with Crippen LogP contribution < -0.4 is 5.73 Å². The van der Waals surface area contributed by atoms with E-state index in [-0.39, 0.29) is 0 Å². The van der Waals surface area contributed by atoms with Crippen molar-refractivity contribution in [3.05, 3.63) is 0 Å². The topological polar surface area (TPSA) is 29.3 Å². The van der Waals surface area contributed by atoms with Gasteiger partial charge in [0.25, 0.3) is 0 Å². The molecule has 2 N–H and O–H groups in total. The molecule has 1 aliphatic rings. The molecule has 2 heteroatoms. The molecular formula is C12H26N2. The predicted octanol–water partition coefficient (Wildman–Crippen LogP) is 2.38. The Bertz CT molecular complexity index is 166. The van der Waals surface area contributed by atoms with E-state index in [1.54, 1.807) is 0 Å². The van der Waals surface area contributed by atoms with Crippen molar-refractivity contribution >= 4 is 0 Å². The first-order chi connectivity index (χ1) is 6.56. The van der Waals surface area contributed by atoms with Crippen LogP contribution in [-0.4, -0.2) is 29.6 Å². The molecule has 84 valence electrons. The molecule has 0 amide bonds. The third-order valence-corrected chi connectivity index (χ3v) is 3.42. The average molecular weight is 198 g/mol. The molecule has 0 saturated carbocycles. The largest absolute Gasteiger partial charge is 0.328 e. The van der Waals surface area contributed by atoms with Crippen LogP contribution in [0.1, 0.15) is 52.9 Å². The molecule has 1 saturated heterocycles. The smallest absolute Gasteiger partial charge is 0.0167 e.